The number of hydrogen-bond acceptors (Lipinski definition) is 3. The Morgan fingerprint density at radius 2 is 2.15 bits per heavy atom. The lowest BCUT2D eigenvalue weighted by molar-refractivity contribution is 0.322. The minimum Gasteiger partial charge on any atom is -0.493 e. The number of aromatic nitrogens is 1. The van der Waals surface area contributed by atoms with Crippen LogP contribution in [0.1, 0.15) is 18.4 Å². The van der Waals surface area contributed by atoms with Crippen LogP contribution in [0.5, 0.6) is 5.88 Å². The van der Waals surface area contributed by atoms with Gasteiger partial charge in [0.05, 0.1) is 0 Å². The molecule has 2 rings (SSSR count). The molecular formula is C10H14N2O. The van der Waals surface area contributed by atoms with Crippen LogP contribution in [-0.2, 0) is 6.54 Å². The van der Waals surface area contributed by atoms with Crippen LogP contribution in [0.3, 0.4) is 0 Å². The minimum absolute atomic E-state index is 0.175. The molecule has 1 aromatic rings. The number of pyridine rings is 1. The Bertz CT molecular complexity index is 282. The lowest BCUT2D eigenvalue weighted by Crippen LogP contribution is -2.18. The minimum atomic E-state index is 0.175. The molecule has 1 aliphatic heterocycles. The first kappa shape index (κ1) is 8.51. The van der Waals surface area contributed by atoms with Crippen LogP contribution in [0, 0.1) is 0 Å². The van der Waals surface area contributed by atoms with E-state index in [9.17, 15) is 5.11 Å². The maximum absolute atomic E-state index is 9.43. The summed E-state index contributed by atoms with van der Waals surface area (Å²) in [6.07, 6.45) is 4.17. The van der Waals surface area contributed by atoms with E-state index in [2.05, 4.69) is 9.88 Å². The summed E-state index contributed by atoms with van der Waals surface area (Å²) in [4.78, 5) is 6.19. The molecule has 0 unspecified atom stereocenters. The van der Waals surface area contributed by atoms with Gasteiger partial charge in [-0.05, 0) is 32.0 Å². The van der Waals surface area contributed by atoms with Gasteiger partial charge in [0.15, 0.2) is 0 Å². The van der Waals surface area contributed by atoms with Gasteiger partial charge in [0.25, 0.3) is 0 Å². The maximum atomic E-state index is 9.43. The third kappa shape index (κ3) is 1.98. The molecule has 0 aromatic carbocycles. The average molecular weight is 178 g/mol. The quantitative estimate of drug-likeness (QED) is 0.743. The summed E-state index contributed by atoms with van der Waals surface area (Å²) in [6.45, 7) is 3.13. The summed E-state index contributed by atoms with van der Waals surface area (Å²) in [5, 5.41) is 9.43. The highest BCUT2D eigenvalue weighted by molar-refractivity contribution is 5.23. The van der Waals surface area contributed by atoms with Gasteiger partial charge in [-0.2, -0.15) is 0 Å². The summed E-state index contributed by atoms with van der Waals surface area (Å²) in [5.74, 6) is 0.175. The molecule has 70 valence electrons. The van der Waals surface area contributed by atoms with E-state index in [0.717, 1.165) is 25.2 Å². The topological polar surface area (TPSA) is 36.4 Å². The fraction of sp³-hybridized carbons (Fsp3) is 0.500. The average Bonchev–Trinajstić information content (AvgIpc) is 2.61. The van der Waals surface area contributed by atoms with Crippen molar-refractivity contribution >= 4 is 0 Å². The number of rotatable bonds is 2. The molecule has 13 heavy (non-hydrogen) atoms. The zero-order chi connectivity index (χ0) is 9.10. The van der Waals surface area contributed by atoms with E-state index in [1.54, 1.807) is 6.20 Å². The highest BCUT2D eigenvalue weighted by atomic mass is 16.3. The largest absolute Gasteiger partial charge is 0.493 e. The molecule has 0 spiro atoms. The molecule has 3 heteroatoms. The predicted molar refractivity (Wildman–Crippen MR) is 50.4 cm³/mol. The molecular weight excluding hydrogens is 164 g/mol. The van der Waals surface area contributed by atoms with Gasteiger partial charge in [-0.25, -0.2) is 4.98 Å². The highest BCUT2D eigenvalue weighted by Gasteiger charge is 2.13. The molecule has 1 aliphatic rings. The second kappa shape index (κ2) is 3.75. The van der Waals surface area contributed by atoms with Crippen molar-refractivity contribution in [3.05, 3.63) is 23.9 Å². The van der Waals surface area contributed by atoms with Crippen molar-refractivity contribution in [3.8, 4) is 5.88 Å². The van der Waals surface area contributed by atoms with Gasteiger partial charge in [-0.15, -0.1) is 0 Å². The van der Waals surface area contributed by atoms with Crippen molar-refractivity contribution in [1.29, 1.82) is 0 Å². The second-order valence-corrected chi connectivity index (χ2v) is 3.47. The van der Waals surface area contributed by atoms with Gasteiger partial charge in [0, 0.05) is 18.3 Å². The Kier molecular flexibility index (Phi) is 2.45. The second-order valence-electron chi connectivity index (χ2n) is 3.47. The van der Waals surface area contributed by atoms with Crippen LogP contribution in [0.4, 0.5) is 0 Å². The Labute approximate surface area is 78.0 Å². The SMILES string of the molecule is Oc1ncccc1CN1CCCC1. The molecule has 1 fully saturated rings. The third-order valence-corrected chi connectivity index (χ3v) is 2.46. The number of nitrogens with zero attached hydrogens (tertiary/aromatic N) is 2. The normalized spacial score (nSPS) is 17.8. The summed E-state index contributed by atoms with van der Waals surface area (Å²) in [5.41, 5.74) is 0.935. The molecule has 0 aliphatic carbocycles. The Hall–Kier alpha value is -1.09. The summed E-state index contributed by atoms with van der Waals surface area (Å²) >= 11 is 0. The van der Waals surface area contributed by atoms with Gasteiger partial charge in [-0.1, -0.05) is 6.07 Å². The van der Waals surface area contributed by atoms with Crippen LogP contribution in [0.15, 0.2) is 18.3 Å². The van der Waals surface area contributed by atoms with E-state index in [1.807, 2.05) is 12.1 Å². The first-order chi connectivity index (χ1) is 6.36. The van der Waals surface area contributed by atoms with Crippen LogP contribution in [0.25, 0.3) is 0 Å². The van der Waals surface area contributed by atoms with Gasteiger partial charge < -0.3 is 5.11 Å². The van der Waals surface area contributed by atoms with Crippen LogP contribution >= 0.6 is 0 Å². The Morgan fingerprint density at radius 1 is 1.38 bits per heavy atom. The summed E-state index contributed by atoms with van der Waals surface area (Å²) < 4.78 is 0. The smallest absolute Gasteiger partial charge is 0.215 e. The van der Waals surface area contributed by atoms with Crippen molar-refractivity contribution in [3.63, 3.8) is 0 Å². The molecule has 0 saturated carbocycles. The van der Waals surface area contributed by atoms with Crippen molar-refractivity contribution < 1.29 is 5.11 Å². The lowest BCUT2D eigenvalue weighted by atomic mass is 10.2. The fourth-order valence-corrected chi connectivity index (χ4v) is 1.74. The number of aromatic hydroxyl groups is 1. The van der Waals surface area contributed by atoms with Crippen molar-refractivity contribution in [1.82, 2.24) is 9.88 Å². The lowest BCUT2D eigenvalue weighted by Gasteiger charge is -2.14. The highest BCUT2D eigenvalue weighted by Crippen LogP contribution is 2.17. The maximum Gasteiger partial charge on any atom is 0.215 e. The van der Waals surface area contributed by atoms with E-state index in [-0.39, 0.29) is 5.88 Å². The fourth-order valence-electron chi connectivity index (χ4n) is 1.74. The van der Waals surface area contributed by atoms with E-state index >= 15 is 0 Å². The summed E-state index contributed by atoms with van der Waals surface area (Å²) in [7, 11) is 0. The van der Waals surface area contributed by atoms with Crippen LogP contribution in [-0.4, -0.2) is 28.1 Å². The zero-order valence-electron chi connectivity index (χ0n) is 7.61. The molecule has 1 aromatic heterocycles. The molecule has 0 atom stereocenters. The predicted octanol–water partition coefficient (Wildman–Crippen LogP) is 1.38. The molecule has 0 amide bonds. The molecule has 3 nitrogen and oxygen atoms in total. The van der Waals surface area contributed by atoms with Crippen molar-refractivity contribution in [2.45, 2.75) is 19.4 Å². The molecule has 0 radical (unpaired) electrons. The van der Waals surface area contributed by atoms with Crippen molar-refractivity contribution in [2.24, 2.45) is 0 Å². The van der Waals surface area contributed by atoms with Crippen molar-refractivity contribution in [2.75, 3.05) is 13.1 Å². The van der Waals surface area contributed by atoms with Crippen LogP contribution in [0.2, 0.25) is 0 Å². The standard InChI is InChI=1S/C10H14N2O/c13-10-9(4-3-5-11-10)8-12-6-1-2-7-12/h3-5H,1-2,6-8H2,(H,11,13). The van der Waals surface area contributed by atoms with E-state index in [1.165, 1.54) is 12.8 Å². The zero-order valence-corrected chi connectivity index (χ0v) is 7.61. The van der Waals surface area contributed by atoms with Gasteiger partial charge >= 0.3 is 0 Å². The van der Waals surface area contributed by atoms with E-state index in [4.69, 9.17) is 0 Å². The monoisotopic (exact) mass is 178 g/mol. The molecule has 0 bridgehead atoms. The van der Waals surface area contributed by atoms with E-state index < -0.39 is 0 Å². The summed E-state index contributed by atoms with van der Waals surface area (Å²) in [6, 6.07) is 3.80. The molecule has 2 heterocycles. The van der Waals surface area contributed by atoms with Crippen LogP contribution < -0.4 is 0 Å². The first-order valence-corrected chi connectivity index (χ1v) is 4.71. The van der Waals surface area contributed by atoms with Gasteiger partial charge in [0.1, 0.15) is 0 Å². The van der Waals surface area contributed by atoms with E-state index in [0.29, 0.717) is 0 Å². The number of likely N-dealkylation sites (tertiary alicyclic amines) is 1. The number of hydrogen-bond donors (Lipinski definition) is 1. The van der Waals surface area contributed by atoms with Gasteiger partial charge in [-0.3, -0.25) is 4.90 Å². The Morgan fingerprint density at radius 3 is 2.85 bits per heavy atom. The molecule has 1 saturated heterocycles. The first-order valence-electron chi connectivity index (χ1n) is 4.71. The Balaban J connectivity index is 2.04. The third-order valence-electron chi connectivity index (χ3n) is 2.46. The molecule has 1 N–H and O–H groups in total. The van der Waals surface area contributed by atoms with Gasteiger partial charge in [0.2, 0.25) is 5.88 Å².